The lowest BCUT2D eigenvalue weighted by Crippen LogP contribution is -2.41. The number of nitrogens with zero attached hydrogens (tertiary/aromatic N) is 1. The summed E-state index contributed by atoms with van der Waals surface area (Å²) >= 11 is 0. The first kappa shape index (κ1) is 18.3. The van der Waals surface area contributed by atoms with Crippen LogP contribution in [0.5, 0.6) is 0 Å². The van der Waals surface area contributed by atoms with E-state index in [-0.39, 0.29) is 24.0 Å². The zero-order valence-corrected chi connectivity index (χ0v) is 15.7. The van der Waals surface area contributed by atoms with E-state index in [9.17, 15) is 0 Å². The molecule has 2 N–H and O–H groups in total. The minimum atomic E-state index is 0. The van der Waals surface area contributed by atoms with Crippen LogP contribution in [0.3, 0.4) is 0 Å². The molecule has 0 unspecified atom stereocenters. The summed E-state index contributed by atoms with van der Waals surface area (Å²) < 4.78 is 0. The number of hydrogen-bond acceptors (Lipinski definition) is 1. The Bertz CT molecular complexity index is 439. The molecule has 21 heavy (non-hydrogen) atoms. The van der Waals surface area contributed by atoms with Crippen LogP contribution in [0, 0.1) is 5.92 Å². The van der Waals surface area contributed by atoms with Gasteiger partial charge in [-0.3, -0.25) is 4.99 Å². The number of benzene rings is 1. The summed E-state index contributed by atoms with van der Waals surface area (Å²) in [6.45, 7) is 6.44. The maximum absolute atomic E-state index is 4.30. The molecule has 1 aliphatic rings. The number of rotatable bonds is 6. The second-order valence-corrected chi connectivity index (χ2v) is 6.18. The lowest BCUT2D eigenvalue weighted by molar-refractivity contribution is 0.569. The van der Waals surface area contributed by atoms with E-state index in [1.54, 1.807) is 0 Å². The van der Waals surface area contributed by atoms with Crippen LogP contribution in [-0.4, -0.2) is 26.1 Å². The molecule has 2 rings (SSSR count). The summed E-state index contributed by atoms with van der Waals surface area (Å²) in [4.78, 5) is 4.30. The van der Waals surface area contributed by atoms with Crippen LogP contribution in [0.15, 0.2) is 35.3 Å². The highest BCUT2D eigenvalue weighted by Crippen LogP contribution is 2.47. The van der Waals surface area contributed by atoms with Gasteiger partial charge >= 0.3 is 0 Å². The van der Waals surface area contributed by atoms with Crippen molar-refractivity contribution in [2.75, 3.05) is 20.1 Å². The van der Waals surface area contributed by atoms with Gasteiger partial charge in [-0.05, 0) is 30.7 Å². The van der Waals surface area contributed by atoms with Gasteiger partial charge in [0.05, 0.1) is 0 Å². The first-order chi connectivity index (χ1) is 9.66. The van der Waals surface area contributed by atoms with Crippen molar-refractivity contribution in [3.8, 4) is 0 Å². The maximum atomic E-state index is 4.30. The standard InChI is InChI=1S/C17H27N3.HI/c1-14(2)9-12-19-16(18-3)20-13-17(10-11-17)15-7-5-4-6-8-15;/h4-8,14H,9-13H2,1-3H3,(H2,18,19,20);1H. The third-order valence-corrected chi connectivity index (χ3v) is 4.07. The summed E-state index contributed by atoms with van der Waals surface area (Å²) in [5.74, 6) is 1.65. The largest absolute Gasteiger partial charge is 0.356 e. The van der Waals surface area contributed by atoms with Crippen molar-refractivity contribution >= 4 is 29.9 Å². The van der Waals surface area contributed by atoms with E-state index in [4.69, 9.17) is 0 Å². The molecule has 0 heterocycles. The van der Waals surface area contributed by atoms with Crippen LogP contribution in [-0.2, 0) is 5.41 Å². The van der Waals surface area contributed by atoms with Crippen molar-refractivity contribution < 1.29 is 0 Å². The molecule has 0 amide bonds. The fourth-order valence-corrected chi connectivity index (χ4v) is 2.46. The third-order valence-electron chi connectivity index (χ3n) is 4.07. The van der Waals surface area contributed by atoms with Gasteiger partial charge in [-0.1, -0.05) is 44.2 Å². The van der Waals surface area contributed by atoms with Crippen molar-refractivity contribution in [1.82, 2.24) is 10.6 Å². The summed E-state index contributed by atoms with van der Waals surface area (Å²) in [5, 5.41) is 6.87. The Balaban J connectivity index is 0.00000220. The van der Waals surface area contributed by atoms with Gasteiger partial charge in [-0.25, -0.2) is 0 Å². The van der Waals surface area contributed by atoms with E-state index >= 15 is 0 Å². The lowest BCUT2D eigenvalue weighted by atomic mass is 9.96. The molecular weight excluding hydrogens is 373 g/mol. The summed E-state index contributed by atoms with van der Waals surface area (Å²) in [6.07, 6.45) is 3.71. The highest BCUT2D eigenvalue weighted by Gasteiger charge is 2.43. The average molecular weight is 401 g/mol. The van der Waals surface area contributed by atoms with Crippen molar-refractivity contribution in [2.45, 2.75) is 38.5 Å². The minimum Gasteiger partial charge on any atom is -0.356 e. The van der Waals surface area contributed by atoms with Crippen molar-refractivity contribution in [2.24, 2.45) is 10.9 Å². The normalized spacial score (nSPS) is 16.3. The Morgan fingerprint density at radius 2 is 1.86 bits per heavy atom. The average Bonchev–Trinajstić information content (AvgIpc) is 3.24. The van der Waals surface area contributed by atoms with E-state index in [1.165, 1.54) is 24.8 Å². The van der Waals surface area contributed by atoms with E-state index in [0.717, 1.165) is 25.0 Å². The summed E-state index contributed by atoms with van der Waals surface area (Å²) in [6, 6.07) is 10.8. The molecule has 118 valence electrons. The van der Waals surface area contributed by atoms with Gasteiger partial charge in [0.1, 0.15) is 0 Å². The van der Waals surface area contributed by atoms with Crippen molar-refractivity contribution in [3.63, 3.8) is 0 Å². The first-order valence-electron chi connectivity index (χ1n) is 7.66. The summed E-state index contributed by atoms with van der Waals surface area (Å²) in [7, 11) is 1.84. The Kier molecular flexibility index (Phi) is 7.49. The molecule has 4 heteroatoms. The molecule has 3 nitrogen and oxygen atoms in total. The molecule has 0 spiro atoms. The third kappa shape index (κ3) is 5.49. The molecule has 0 bridgehead atoms. The van der Waals surface area contributed by atoms with Crippen LogP contribution in [0.4, 0.5) is 0 Å². The smallest absolute Gasteiger partial charge is 0.191 e. The van der Waals surface area contributed by atoms with E-state index in [2.05, 4.69) is 59.8 Å². The molecule has 0 radical (unpaired) electrons. The van der Waals surface area contributed by atoms with Crippen LogP contribution in [0.1, 0.15) is 38.7 Å². The summed E-state index contributed by atoms with van der Waals surface area (Å²) in [5.41, 5.74) is 1.78. The molecule has 0 atom stereocenters. The van der Waals surface area contributed by atoms with Gasteiger partial charge in [0.25, 0.3) is 0 Å². The first-order valence-corrected chi connectivity index (χ1v) is 7.66. The molecule has 1 fully saturated rings. The van der Waals surface area contributed by atoms with Crippen LogP contribution in [0.25, 0.3) is 0 Å². The Morgan fingerprint density at radius 1 is 1.19 bits per heavy atom. The van der Waals surface area contributed by atoms with Crippen molar-refractivity contribution in [1.29, 1.82) is 0 Å². The Hall–Kier alpha value is -0.780. The topological polar surface area (TPSA) is 36.4 Å². The SMILES string of the molecule is CN=C(NCCC(C)C)NCC1(c2ccccc2)CC1.I. The monoisotopic (exact) mass is 401 g/mol. The molecule has 0 aliphatic heterocycles. The fourth-order valence-electron chi connectivity index (χ4n) is 2.46. The molecule has 0 aromatic heterocycles. The highest BCUT2D eigenvalue weighted by molar-refractivity contribution is 14.0. The van der Waals surface area contributed by atoms with E-state index in [0.29, 0.717) is 5.41 Å². The fraction of sp³-hybridized carbons (Fsp3) is 0.588. The molecule has 0 saturated heterocycles. The van der Waals surface area contributed by atoms with Crippen molar-refractivity contribution in [3.05, 3.63) is 35.9 Å². The second-order valence-electron chi connectivity index (χ2n) is 6.18. The number of aliphatic imine (C=N–C) groups is 1. The van der Waals surface area contributed by atoms with Crippen LogP contribution in [0.2, 0.25) is 0 Å². The number of hydrogen-bond donors (Lipinski definition) is 2. The second kappa shape index (κ2) is 8.61. The Labute approximate surface area is 146 Å². The quantitative estimate of drug-likeness (QED) is 0.435. The Morgan fingerprint density at radius 3 is 2.38 bits per heavy atom. The van der Waals surface area contributed by atoms with Crippen LogP contribution >= 0.6 is 24.0 Å². The zero-order valence-electron chi connectivity index (χ0n) is 13.4. The molecule has 1 aromatic rings. The zero-order chi connectivity index (χ0) is 14.4. The predicted molar refractivity (Wildman–Crippen MR) is 102 cm³/mol. The number of guanidine groups is 1. The predicted octanol–water partition coefficient (Wildman–Crippen LogP) is 3.55. The van der Waals surface area contributed by atoms with Gasteiger partial charge in [-0.2, -0.15) is 0 Å². The highest BCUT2D eigenvalue weighted by atomic mass is 127. The minimum absolute atomic E-state index is 0. The van der Waals surface area contributed by atoms with Crippen LogP contribution < -0.4 is 10.6 Å². The van der Waals surface area contributed by atoms with E-state index in [1.807, 2.05) is 7.05 Å². The lowest BCUT2D eigenvalue weighted by Gasteiger charge is -2.19. The van der Waals surface area contributed by atoms with Gasteiger partial charge in [0.15, 0.2) is 5.96 Å². The maximum Gasteiger partial charge on any atom is 0.191 e. The molecule has 1 saturated carbocycles. The van der Waals surface area contributed by atoms with Gasteiger partial charge < -0.3 is 10.6 Å². The number of nitrogens with one attached hydrogen (secondary N) is 2. The van der Waals surface area contributed by atoms with Gasteiger partial charge in [0, 0.05) is 25.6 Å². The molecule has 1 aromatic carbocycles. The molecule has 1 aliphatic carbocycles. The molecular formula is C17H28IN3. The van der Waals surface area contributed by atoms with E-state index < -0.39 is 0 Å². The van der Waals surface area contributed by atoms with Gasteiger partial charge in [-0.15, -0.1) is 24.0 Å². The number of halogens is 1. The van der Waals surface area contributed by atoms with Gasteiger partial charge in [0.2, 0.25) is 0 Å².